The van der Waals surface area contributed by atoms with Crippen LogP contribution < -0.4 is 5.32 Å². The zero-order valence-electron chi connectivity index (χ0n) is 20.6. The predicted molar refractivity (Wildman–Crippen MR) is 129 cm³/mol. The minimum Gasteiger partial charge on any atom is -0.334 e. The first-order valence-electron chi connectivity index (χ1n) is 11.2. The Balaban J connectivity index is 1.61. The summed E-state index contributed by atoms with van der Waals surface area (Å²) in [6.07, 6.45) is 0.164. The van der Waals surface area contributed by atoms with Crippen molar-refractivity contribution in [2.24, 2.45) is 0 Å². The Morgan fingerprint density at radius 1 is 1.06 bits per heavy atom. The molecule has 0 aliphatic rings. The molecule has 0 radical (unpaired) electrons. The summed E-state index contributed by atoms with van der Waals surface area (Å²) in [6.45, 7) is 13.6. The quantitative estimate of drug-likeness (QED) is 0.450. The van der Waals surface area contributed by atoms with Gasteiger partial charge in [0, 0.05) is 28.6 Å². The summed E-state index contributed by atoms with van der Waals surface area (Å²) in [4.78, 5) is 26.6. The molecule has 34 heavy (non-hydrogen) atoms. The molecule has 0 aliphatic heterocycles. The van der Waals surface area contributed by atoms with Crippen LogP contribution in [0.15, 0.2) is 28.8 Å². The van der Waals surface area contributed by atoms with E-state index in [1.807, 2.05) is 72.7 Å². The van der Waals surface area contributed by atoms with Gasteiger partial charge >= 0.3 is 0 Å². The maximum absolute atomic E-state index is 13.1. The first kappa shape index (κ1) is 23.3. The van der Waals surface area contributed by atoms with E-state index in [0.29, 0.717) is 28.9 Å². The molecular weight excluding hydrogens is 430 g/mol. The Morgan fingerprint density at radius 3 is 2.41 bits per heavy atom. The second-order valence-electron chi connectivity index (χ2n) is 8.85. The van der Waals surface area contributed by atoms with Gasteiger partial charge in [-0.05, 0) is 52.3 Å². The van der Waals surface area contributed by atoms with E-state index in [2.05, 4.69) is 30.5 Å². The van der Waals surface area contributed by atoms with E-state index in [4.69, 9.17) is 4.52 Å². The van der Waals surface area contributed by atoms with Crippen LogP contribution in [0.5, 0.6) is 0 Å². The van der Waals surface area contributed by atoms with Crippen LogP contribution in [-0.4, -0.2) is 35.8 Å². The van der Waals surface area contributed by atoms with Gasteiger partial charge in [0.2, 0.25) is 5.91 Å². The van der Waals surface area contributed by atoms with Crippen molar-refractivity contribution in [2.75, 3.05) is 5.32 Å². The summed E-state index contributed by atoms with van der Waals surface area (Å²) in [5.41, 5.74) is 6.43. The summed E-state index contributed by atoms with van der Waals surface area (Å²) in [5, 5.41) is 11.7. The molecule has 0 atom stereocenters. The van der Waals surface area contributed by atoms with Crippen molar-refractivity contribution in [1.29, 1.82) is 0 Å². The number of benzene rings is 1. The fourth-order valence-electron chi connectivity index (χ4n) is 3.86. The number of aryl methyl sites for hydroxylation is 4. The third kappa shape index (κ3) is 4.59. The average molecular weight is 460 g/mol. The topological polar surface area (TPSA) is 112 Å². The van der Waals surface area contributed by atoms with Crippen molar-refractivity contribution < 1.29 is 9.32 Å². The fourth-order valence-corrected chi connectivity index (χ4v) is 3.86. The Morgan fingerprint density at radius 2 is 1.76 bits per heavy atom. The lowest BCUT2D eigenvalue weighted by Gasteiger charge is -2.12. The van der Waals surface area contributed by atoms with E-state index in [9.17, 15) is 4.79 Å². The van der Waals surface area contributed by atoms with Crippen LogP contribution in [0.4, 0.5) is 5.69 Å². The highest BCUT2D eigenvalue weighted by Gasteiger charge is 2.21. The molecule has 1 N–H and O–H groups in total. The largest absolute Gasteiger partial charge is 0.334 e. The molecule has 3 heterocycles. The first-order valence-corrected chi connectivity index (χ1v) is 11.2. The van der Waals surface area contributed by atoms with Gasteiger partial charge in [-0.25, -0.2) is 14.6 Å². The van der Waals surface area contributed by atoms with Gasteiger partial charge in [0.15, 0.2) is 5.82 Å². The summed E-state index contributed by atoms with van der Waals surface area (Å²) in [6, 6.07) is 7.62. The number of nitrogens with one attached hydrogen (secondary N) is 1. The van der Waals surface area contributed by atoms with E-state index < -0.39 is 0 Å². The van der Waals surface area contributed by atoms with Gasteiger partial charge in [-0.15, -0.1) is 0 Å². The molecule has 1 amide bonds. The summed E-state index contributed by atoms with van der Waals surface area (Å²) >= 11 is 0. The van der Waals surface area contributed by atoms with Gasteiger partial charge < -0.3 is 9.84 Å². The highest BCUT2D eigenvalue weighted by molar-refractivity contribution is 5.97. The summed E-state index contributed by atoms with van der Waals surface area (Å²) < 4.78 is 7.18. The van der Waals surface area contributed by atoms with Crippen molar-refractivity contribution in [1.82, 2.24) is 29.9 Å². The number of aromatic nitrogens is 6. The zero-order valence-corrected chi connectivity index (χ0v) is 20.6. The van der Waals surface area contributed by atoms with Crippen molar-refractivity contribution in [2.45, 2.75) is 60.8 Å². The van der Waals surface area contributed by atoms with Gasteiger partial charge in [-0.2, -0.15) is 10.1 Å². The molecular formula is C25H29N7O2. The maximum Gasteiger partial charge on any atom is 0.260 e. The van der Waals surface area contributed by atoms with Gasteiger partial charge in [0.05, 0.1) is 23.4 Å². The van der Waals surface area contributed by atoms with Crippen LogP contribution in [0.2, 0.25) is 0 Å². The minimum atomic E-state index is -0.161. The molecule has 3 aromatic heterocycles. The smallest absolute Gasteiger partial charge is 0.260 e. The lowest BCUT2D eigenvalue weighted by Crippen LogP contribution is -2.17. The standard InChI is InChI=1S/C25H29N7O2/c1-13(2)23-29-24(34-31-23)19-10-8-9-14(3)22(19)28-21(33)12-20-17(6)30-32(18(20)7)25-26-15(4)11-16(5)27-25/h8-11,13H,12H2,1-7H3,(H,28,33). The minimum absolute atomic E-state index is 0.143. The first-order chi connectivity index (χ1) is 16.1. The Kier molecular flexibility index (Phi) is 6.28. The normalized spacial score (nSPS) is 11.3. The number of para-hydroxylation sites is 1. The van der Waals surface area contributed by atoms with E-state index in [1.54, 1.807) is 4.68 Å². The number of anilines is 1. The van der Waals surface area contributed by atoms with Crippen LogP contribution in [-0.2, 0) is 11.2 Å². The molecule has 0 spiro atoms. The monoisotopic (exact) mass is 459 g/mol. The molecule has 0 unspecified atom stereocenters. The molecule has 0 saturated carbocycles. The second kappa shape index (κ2) is 9.17. The lowest BCUT2D eigenvalue weighted by atomic mass is 10.1. The second-order valence-corrected chi connectivity index (χ2v) is 8.85. The van der Waals surface area contributed by atoms with Crippen molar-refractivity contribution in [3.05, 3.63) is 64.0 Å². The number of hydrogen-bond donors (Lipinski definition) is 1. The molecule has 176 valence electrons. The van der Waals surface area contributed by atoms with Gasteiger partial charge in [0.25, 0.3) is 11.8 Å². The lowest BCUT2D eigenvalue weighted by molar-refractivity contribution is -0.115. The third-order valence-electron chi connectivity index (χ3n) is 5.66. The van der Waals surface area contributed by atoms with Crippen LogP contribution in [0.1, 0.15) is 59.5 Å². The molecule has 0 bridgehead atoms. The van der Waals surface area contributed by atoms with Gasteiger partial charge in [0.1, 0.15) is 0 Å². The SMILES string of the molecule is Cc1cc(C)nc(-n2nc(C)c(CC(=O)Nc3c(C)cccc3-c3nc(C(C)C)no3)c2C)n1. The van der Waals surface area contributed by atoms with Crippen LogP contribution in [0.25, 0.3) is 17.4 Å². The predicted octanol–water partition coefficient (Wildman–Crippen LogP) is 4.56. The van der Waals surface area contributed by atoms with Crippen molar-refractivity contribution >= 4 is 11.6 Å². The molecule has 0 saturated heterocycles. The van der Waals surface area contributed by atoms with Crippen LogP contribution in [0.3, 0.4) is 0 Å². The summed E-state index contributed by atoms with van der Waals surface area (Å²) in [5.74, 6) is 1.49. The van der Waals surface area contributed by atoms with Gasteiger partial charge in [-0.1, -0.05) is 31.1 Å². The van der Waals surface area contributed by atoms with Crippen LogP contribution >= 0.6 is 0 Å². The summed E-state index contributed by atoms with van der Waals surface area (Å²) in [7, 11) is 0. The molecule has 9 nitrogen and oxygen atoms in total. The molecule has 0 aliphatic carbocycles. The number of nitrogens with zero attached hydrogens (tertiary/aromatic N) is 6. The Hall–Kier alpha value is -3.88. The van der Waals surface area contributed by atoms with Gasteiger partial charge in [-0.3, -0.25) is 4.79 Å². The Labute approximate surface area is 198 Å². The fraction of sp³-hybridized carbons (Fsp3) is 0.360. The van der Waals surface area contributed by atoms with Crippen molar-refractivity contribution in [3.63, 3.8) is 0 Å². The molecule has 0 fully saturated rings. The number of hydrogen-bond acceptors (Lipinski definition) is 7. The highest BCUT2D eigenvalue weighted by atomic mass is 16.5. The molecule has 9 heteroatoms. The van der Waals surface area contributed by atoms with E-state index in [-0.39, 0.29) is 18.2 Å². The molecule has 4 rings (SSSR count). The number of rotatable bonds is 6. The number of amides is 1. The van der Waals surface area contributed by atoms with E-state index in [1.165, 1.54) is 0 Å². The average Bonchev–Trinajstić information content (AvgIpc) is 3.36. The Bertz CT molecular complexity index is 1350. The van der Waals surface area contributed by atoms with E-state index >= 15 is 0 Å². The van der Waals surface area contributed by atoms with Crippen LogP contribution in [0, 0.1) is 34.6 Å². The van der Waals surface area contributed by atoms with E-state index in [0.717, 1.165) is 33.9 Å². The van der Waals surface area contributed by atoms with Crippen molar-refractivity contribution in [3.8, 4) is 17.4 Å². The molecule has 4 aromatic rings. The zero-order chi connectivity index (χ0) is 24.6. The molecule has 1 aromatic carbocycles. The third-order valence-corrected chi connectivity index (χ3v) is 5.66. The maximum atomic E-state index is 13.1. The number of carbonyl (C=O) groups is 1. The number of carbonyl (C=O) groups excluding carboxylic acids is 1. The highest BCUT2D eigenvalue weighted by Crippen LogP contribution is 2.31.